The van der Waals surface area contributed by atoms with Gasteiger partial charge in [-0.25, -0.2) is 0 Å². The molecule has 1 heterocycles. The van der Waals surface area contributed by atoms with Crippen molar-refractivity contribution in [3.05, 3.63) is 0 Å². The second-order valence-corrected chi connectivity index (χ2v) is 57.1. The van der Waals surface area contributed by atoms with E-state index in [1.807, 2.05) is 26.2 Å². The smallest absolute Gasteiger partial charge is 0.416 e. The predicted molar refractivity (Wildman–Crippen MR) is 300 cm³/mol. The molecular weight excluding hydrogens is 1200 g/mol. The van der Waals surface area contributed by atoms with Gasteiger partial charge in [0.2, 0.25) is 0 Å². The number of methoxy groups -OCH3 is 3. The lowest BCUT2D eigenvalue weighted by atomic mass is 10.4. The van der Waals surface area contributed by atoms with Crippen molar-refractivity contribution in [1.29, 1.82) is 0 Å². The van der Waals surface area contributed by atoms with Gasteiger partial charge in [-0.05, 0) is 50.4 Å². The molecule has 1 rings (SSSR count). The Hall–Kier alpha value is 1.27. The zero-order valence-corrected chi connectivity index (χ0v) is 62.1. The van der Waals surface area contributed by atoms with E-state index in [1.165, 1.54) is 107 Å². The molecule has 0 aromatic rings. The average molecular weight is 1300 g/mol. The van der Waals surface area contributed by atoms with Gasteiger partial charge in [0.25, 0.3) is 5.97 Å². The largest absolute Gasteiger partial charge is 0.576 e. The molecule has 2 atom stereocenters. The topological polar surface area (TPSA) is 258 Å². The Labute approximate surface area is 466 Å². The summed E-state index contributed by atoms with van der Waals surface area (Å²) in [5.41, 5.74) is 0. The van der Waals surface area contributed by atoms with Gasteiger partial charge in [0, 0.05) is 195 Å². The zero-order chi connectivity index (χ0) is 59.5. The van der Waals surface area contributed by atoms with Crippen molar-refractivity contribution in [3.63, 3.8) is 0 Å². The van der Waals surface area contributed by atoms with E-state index in [2.05, 4.69) is 0 Å². The molecule has 1 aliphatic heterocycles. The van der Waals surface area contributed by atoms with Crippen molar-refractivity contribution in [2.45, 2.75) is 80.9 Å². The van der Waals surface area contributed by atoms with Crippen LogP contribution in [0.5, 0.6) is 0 Å². The molecule has 0 N–H and O–H groups in total. The quantitative estimate of drug-likeness (QED) is 0.0632. The summed E-state index contributed by atoms with van der Waals surface area (Å²) < 4.78 is 161. The summed E-state index contributed by atoms with van der Waals surface area (Å²) in [7, 11) is 3.09. The second kappa shape index (κ2) is 36.2. The summed E-state index contributed by atoms with van der Waals surface area (Å²) in [5, 5.41) is 0. The van der Waals surface area contributed by atoms with Crippen LogP contribution in [0.25, 0.3) is 0 Å². The Morgan fingerprint density at radius 2 is 0.408 bits per heavy atom. The van der Waals surface area contributed by atoms with E-state index in [9.17, 15) is 0 Å². The molecule has 0 saturated carbocycles. The molecule has 1 fully saturated rings. The van der Waals surface area contributed by atoms with Gasteiger partial charge < -0.3 is 124 Å². The summed E-state index contributed by atoms with van der Waals surface area (Å²) >= 11 is 0. The van der Waals surface area contributed by atoms with E-state index in [4.69, 9.17) is 124 Å². The maximum absolute atomic E-state index is 7.29. The fraction of sp³-hybridized carbons (Fsp3) is 1.00. The van der Waals surface area contributed by atoms with Gasteiger partial charge in [-0.15, -0.1) is 0 Å². The lowest BCUT2D eigenvalue weighted by Gasteiger charge is -2.51. The van der Waals surface area contributed by atoms with Gasteiger partial charge in [0.05, 0.1) is 0 Å². The van der Waals surface area contributed by atoms with Crippen LogP contribution < -0.4 is 0 Å². The van der Waals surface area contributed by atoms with Crippen LogP contribution in [0.15, 0.2) is 0 Å². The molecule has 0 aromatic carbocycles. The Balaban J connectivity index is 0. The third-order valence-electron chi connectivity index (χ3n) is 13.0. The monoisotopic (exact) mass is 1300 g/mol. The highest BCUT2D eigenvalue weighted by molar-refractivity contribution is 7.27. The molecule has 76 heavy (non-hydrogen) atoms. The molecule has 0 spiro atoms. The van der Waals surface area contributed by atoms with Gasteiger partial charge in [-0.2, -0.15) is 0 Å². The third kappa shape index (κ3) is 20.2. The summed E-state index contributed by atoms with van der Waals surface area (Å²) in [4.78, 5) is 0. The zero-order valence-electron chi connectivity index (χ0n) is 51.1. The van der Waals surface area contributed by atoms with E-state index in [0.29, 0.717) is 48.7 Å². The van der Waals surface area contributed by atoms with Crippen molar-refractivity contribution >= 4 is 93.9 Å². The number of hydrogen-bond acceptors (Lipinski definition) is 28. The molecular formula is C37H100O28Si11. The van der Waals surface area contributed by atoms with Crippen LogP contribution in [0.3, 0.4) is 0 Å². The average Bonchev–Trinajstić information content (AvgIpc) is 3.44. The van der Waals surface area contributed by atoms with Crippen LogP contribution in [-0.2, 0) is 124 Å². The van der Waals surface area contributed by atoms with Crippen molar-refractivity contribution in [3.8, 4) is 0 Å². The van der Waals surface area contributed by atoms with Crippen molar-refractivity contribution < 1.29 is 124 Å². The first-order valence-corrected chi connectivity index (χ1v) is 48.4. The Bertz CT molecular complexity index is 1220. The van der Waals surface area contributed by atoms with Gasteiger partial charge in [0.1, 0.15) is 0 Å². The first-order chi connectivity index (χ1) is 35.6. The van der Waals surface area contributed by atoms with Crippen molar-refractivity contribution in [2.75, 3.05) is 171 Å². The fourth-order valence-electron chi connectivity index (χ4n) is 8.56. The van der Waals surface area contributed by atoms with Crippen LogP contribution in [-0.4, -0.2) is 271 Å². The second-order valence-electron chi connectivity index (χ2n) is 16.8. The van der Waals surface area contributed by atoms with Crippen LogP contribution in [0.2, 0.25) is 68.5 Å². The lowest BCUT2D eigenvalue weighted by Crippen LogP contribution is -2.71. The van der Waals surface area contributed by atoms with Gasteiger partial charge in [-0.3, -0.25) is 0 Å². The molecule has 1 saturated heterocycles. The van der Waals surface area contributed by atoms with E-state index >= 15 is 0 Å². The fourth-order valence-corrected chi connectivity index (χ4v) is 55.8. The highest BCUT2D eigenvalue weighted by Gasteiger charge is 2.71. The van der Waals surface area contributed by atoms with E-state index < -0.39 is 99.9 Å². The first-order valence-electron chi connectivity index (χ1n) is 23.7. The van der Waals surface area contributed by atoms with Gasteiger partial charge in [-0.1, -0.05) is 0 Å². The summed E-state index contributed by atoms with van der Waals surface area (Å²) in [6.45, 7) is 8.17. The van der Waals surface area contributed by atoms with E-state index in [-0.39, 0.29) is 0 Å². The molecule has 460 valence electrons. The summed E-state index contributed by atoms with van der Waals surface area (Å²) in [6, 6.07) is 3.38. The summed E-state index contributed by atoms with van der Waals surface area (Å²) in [6.07, 6.45) is 0.340. The van der Waals surface area contributed by atoms with Crippen molar-refractivity contribution in [1.82, 2.24) is 0 Å². The van der Waals surface area contributed by atoms with E-state index in [1.54, 1.807) is 64.0 Å². The first kappa shape index (κ1) is 79.3. The van der Waals surface area contributed by atoms with Crippen LogP contribution in [0.1, 0.15) is 6.42 Å². The van der Waals surface area contributed by atoms with E-state index in [0.717, 1.165) is 0 Å². The molecule has 39 heteroatoms. The molecule has 0 aromatic heterocycles. The lowest BCUT2D eigenvalue weighted by molar-refractivity contribution is -0.353. The Morgan fingerprint density at radius 1 is 0.250 bits per heavy atom. The summed E-state index contributed by atoms with van der Waals surface area (Å²) in [5.74, 6) is -1.28. The normalized spacial score (nSPS) is 22.6. The molecule has 2 unspecified atom stereocenters. The van der Waals surface area contributed by atoms with Gasteiger partial charge in [0.15, 0.2) is 0 Å². The minimum atomic E-state index is -3.17. The molecule has 0 aliphatic carbocycles. The Kier molecular flexibility index (Phi) is 37.8. The SMILES string of the molecule is COC(CC[Si]1(C)O[Si](C)(CC[Si](OC)(OC)OC)O[Si](C)(CC[Si](OC)(OC)OC)O[Si](C)(CC[Si](OC)(OC)OC)O1)(OC)OC.CO[Si](OC)(OC)[Si](OC)(OC)OC.CO[Si](OC)(OC)[Si](OC)(OC)OC. The predicted octanol–water partition coefficient (Wildman–Crippen LogP) is 3.61. The van der Waals surface area contributed by atoms with Crippen LogP contribution >= 0.6 is 0 Å². The molecule has 0 radical (unpaired) electrons. The minimum Gasteiger partial charge on any atom is -0.416 e. The van der Waals surface area contributed by atoms with Crippen molar-refractivity contribution in [2.24, 2.45) is 0 Å². The minimum absolute atomic E-state index is 0.340. The number of ether oxygens (including phenoxy) is 3. The highest BCUT2D eigenvalue weighted by Crippen LogP contribution is 2.42. The maximum atomic E-state index is 7.29. The van der Waals surface area contributed by atoms with Crippen LogP contribution in [0.4, 0.5) is 0 Å². The number of hydrogen-bond donors (Lipinski definition) is 0. The van der Waals surface area contributed by atoms with Gasteiger partial charge >= 0.3 is 93.9 Å². The molecule has 28 nitrogen and oxygen atoms in total. The highest BCUT2D eigenvalue weighted by atomic mass is 29.3. The maximum Gasteiger partial charge on any atom is 0.576 e. The molecule has 0 amide bonds. The van der Waals surface area contributed by atoms with Crippen LogP contribution in [0, 0.1) is 0 Å². The molecule has 0 bridgehead atoms. The Morgan fingerprint density at radius 3 is 0.539 bits per heavy atom. The standard InChI is InChI=1S/C25H64O16Si7.2C6H18O6Si2/c1-26-25(27-2,28-3)17-18-42(13)38-43(14,19-22-46(29-4,30-5)31-6)40-45(16,21-24-48(35-10,36-11)37-12)41-44(15,39-42)20-23-47(32-7,33-8)34-9;2*1-7-13(8-2,9-3)14(10-4,11-5)12-6/h17-24H2,1-16H3;2*1-6H3. The molecule has 1 aliphatic rings. The number of rotatable bonds is 38. The third-order valence-corrected chi connectivity index (χ3v) is 60.9.